The van der Waals surface area contributed by atoms with Crippen molar-refractivity contribution in [1.82, 2.24) is 9.88 Å². The van der Waals surface area contributed by atoms with Crippen molar-refractivity contribution >= 4 is 44.9 Å². The summed E-state index contributed by atoms with van der Waals surface area (Å²) in [4.78, 5) is 31.0. The average Bonchev–Trinajstić information content (AvgIpc) is 2.89. The Morgan fingerprint density at radius 1 is 1.05 bits per heavy atom. The van der Waals surface area contributed by atoms with Gasteiger partial charge in [0, 0.05) is 22.3 Å². The smallest absolute Gasteiger partial charge is 0.306 e. The Kier molecular flexibility index (Phi) is 8.72. The fourth-order valence-corrected chi connectivity index (χ4v) is 6.57. The fraction of sp³-hybridized carbons (Fsp3) is 0.296. The number of carbonyl (C=O) groups is 2. The largest absolute Gasteiger partial charge is 0.481 e. The molecule has 1 aliphatic rings. The van der Waals surface area contributed by atoms with Gasteiger partial charge in [0.15, 0.2) is 14.9 Å². The number of ether oxygens (including phenoxy) is 1. The number of pyridine rings is 1. The molecule has 3 aromatic rings. The number of carboxylic acid groups (broad SMARTS) is 1. The van der Waals surface area contributed by atoms with Crippen LogP contribution in [0.3, 0.4) is 0 Å². The lowest BCUT2D eigenvalue weighted by molar-refractivity contribution is -0.182. The van der Waals surface area contributed by atoms with Gasteiger partial charge in [0.05, 0.1) is 18.2 Å². The zero-order valence-corrected chi connectivity index (χ0v) is 22.7. The van der Waals surface area contributed by atoms with Crippen LogP contribution in [-0.4, -0.2) is 53.2 Å². The molecule has 2 heterocycles. The lowest BCUT2D eigenvalue weighted by atomic mass is 9.89. The minimum atomic E-state index is -3.89. The standard InChI is InChI=1S/C27H26Cl2N2O6S/c1-2-21(16-38(35,36)23-8-3-4-13-30-23)31-25(17-9-11-19(28)12-10-17)26(18-6-5-7-20(29)14-18)37-22(27(31)34)15-24(32)33/h3-14,21-22,25-26H,2,15-16H2,1H3,(H,32,33)/t21?,22-,25+,26+/m0/s1. The van der Waals surface area contributed by atoms with Crippen molar-refractivity contribution in [2.75, 3.05) is 5.75 Å². The highest BCUT2D eigenvalue weighted by Gasteiger charge is 2.48. The monoisotopic (exact) mass is 576 g/mol. The molecule has 4 atom stereocenters. The van der Waals surface area contributed by atoms with E-state index in [1.54, 1.807) is 67.6 Å². The van der Waals surface area contributed by atoms with Gasteiger partial charge in [-0.05, 0) is 53.9 Å². The van der Waals surface area contributed by atoms with Crippen LogP contribution in [0.1, 0.15) is 43.0 Å². The Balaban J connectivity index is 1.86. The molecular weight excluding hydrogens is 551 g/mol. The molecule has 0 bridgehead atoms. The second kappa shape index (κ2) is 11.8. The molecule has 0 spiro atoms. The molecule has 1 aliphatic heterocycles. The number of hydrogen-bond donors (Lipinski definition) is 1. The minimum absolute atomic E-state index is 0.101. The maximum absolute atomic E-state index is 13.9. The highest BCUT2D eigenvalue weighted by molar-refractivity contribution is 7.91. The predicted molar refractivity (Wildman–Crippen MR) is 143 cm³/mol. The zero-order chi connectivity index (χ0) is 27.4. The molecule has 1 saturated heterocycles. The van der Waals surface area contributed by atoms with Crippen molar-refractivity contribution in [3.8, 4) is 0 Å². The molecular formula is C27H26Cl2N2O6S. The third kappa shape index (κ3) is 6.18. The first-order valence-corrected chi connectivity index (χ1v) is 14.4. The summed E-state index contributed by atoms with van der Waals surface area (Å²) in [5.74, 6) is -2.22. The maximum Gasteiger partial charge on any atom is 0.306 e. The van der Waals surface area contributed by atoms with Gasteiger partial charge in [0.1, 0.15) is 12.2 Å². The van der Waals surface area contributed by atoms with Gasteiger partial charge in [-0.3, -0.25) is 9.59 Å². The van der Waals surface area contributed by atoms with Crippen LogP contribution < -0.4 is 0 Å². The summed E-state index contributed by atoms with van der Waals surface area (Å²) < 4.78 is 32.8. The van der Waals surface area contributed by atoms with Gasteiger partial charge in [-0.15, -0.1) is 0 Å². The normalized spacial score (nSPS) is 20.8. The lowest BCUT2D eigenvalue weighted by Crippen LogP contribution is -2.56. The number of aliphatic carboxylic acids is 1. The molecule has 1 N–H and O–H groups in total. The third-order valence-corrected chi connectivity index (χ3v) is 8.60. The molecule has 1 unspecified atom stereocenters. The van der Waals surface area contributed by atoms with E-state index in [1.807, 2.05) is 0 Å². The third-order valence-electron chi connectivity index (χ3n) is 6.41. The number of aromatic nitrogens is 1. The molecule has 11 heteroatoms. The summed E-state index contributed by atoms with van der Waals surface area (Å²) in [7, 11) is -3.89. The number of rotatable bonds is 9. The molecule has 8 nitrogen and oxygen atoms in total. The molecule has 38 heavy (non-hydrogen) atoms. The van der Waals surface area contributed by atoms with Crippen LogP contribution in [0.15, 0.2) is 78.0 Å². The van der Waals surface area contributed by atoms with Crippen LogP contribution in [0, 0.1) is 0 Å². The molecule has 2 aromatic carbocycles. The SMILES string of the molecule is CCC(CS(=O)(=O)c1ccccn1)N1C(=O)[C@H](CC(=O)O)O[C@H](c2cccc(Cl)c2)[C@H]1c1ccc(Cl)cc1. The van der Waals surface area contributed by atoms with Gasteiger partial charge >= 0.3 is 5.97 Å². The predicted octanol–water partition coefficient (Wildman–Crippen LogP) is 5.13. The van der Waals surface area contributed by atoms with Gasteiger partial charge in [0.2, 0.25) is 0 Å². The molecule has 0 radical (unpaired) electrons. The van der Waals surface area contributed by atoms with Crippen LogP contribution >= 0.6 is 23.2 Å². The van der Waals surface area contributed by atoms with Crippen LogP contribution in [0.25, 0.3) is 0 Å². The van der Waals surface area contributed by atoms with Crippen LogP contribution in [-0.2, 0) is 24.2 Å². The first-order chi connectivity index (χ1) is 18.1. The highest BCUT2D eigenvalue weighted by Crippen LogP contribution is 2.45. The number of sulfone groups is 1. The summed E-state index contributed by atoms with van der Waals surface area (Å²) in [6, 6.07) is 16.7. The summed E-state index contributed by atoms with van der Waals surface area (Å²) >= 11 is 12.4. The number of carbonyl (C=O) groups excluding carboxylic acids is 1. The van der Waals surface area contributed by atoms with E-state index in [0.29, 0.717) is 21.2 Å². The molecule has 1 aromatic heterocycles. The van der Waals surface area contributed by atoms with E-state index in [4.69, 9.17) is 27.9 Å². The second-order valence-corrected chi connectivity index (χ2v) is 11.8. The van der Waals surface area contributed by atoms with Gasteiger partial charge in [-0.2, -0.15) is 0 Å². The van der Waals surface area contributed by atoms with E-state index in [9.17, 15) is 23.1 Å². The quantitative estimate of drug-likeness (QED) is 0.375. The van der Waals surface area contributed by atoms with Crippen LogP contribution in [0.4, 0.5) is 0 Å². The summed E-state index contributed by atoms with van der Waals surface area (Å²) in [6.45, 7) is 1.78. The fourth-order valence-electron chi connectivity index (χ4n) is 4.66. The van der Waals surface area contributed by atoms with Crippen molar-refractivity contribution in [3.63, 3.8) is 0 Å². The van der Waals surface area contributed by atoms with E-state index < -0.39 is 58.2 Å². The summed E-state index contributed by atoms with van der Waals surface area (Å²) in [6.07, 6.45) is -1.06. The Bertz CT molecular complexity index is 1400. The van der Waals surface area contributed by atoms with Crippen molar-refractivity contribution in [2.45, 2.75) is 49.1 Å². The van der Waals surface area contributed by atoms with E-state index in [2.05, 4.69) is 4.98 Å². The Morgan fingerprint density at radius 2 is 1.79 bits per heavy atom. The van der Waals surface area contributed by atoms with Crippen molar-refractivity contribution in [2.24, 2.45) is 0 Å². The number of carboxylic acids is 1. The van der Waals surface area contributed by atoms with E-state index in [1.165, 1.54) is 17.2 Å². The molecule has 1 amide bonds. The van der Waals surface area contributed by atoms with Gasteiger partial charge < -0.3 is 14.7 Å². The number of halogens is 2. The van der Waals surface area contributed by atoms with Crippen molar-refractivity contribution < 1.29 is 27.9 Å². The number of hydrogen-bond acceptors (Lipinski definition) is 6. The van der Waals surface area contributed by atoms with Crippen LogP contribution in [0.2, 0.25) is 10.0 Å². The molecule has 200 valence electrons. The average molecular weight is 577 g/mol. The maximum atomic E-state index is 13.9. The molecule has 0 aliphatic carbocycles. The van der Waals surface area contributed by atoms with Crippen LogP contribution in [0.5, 0.6) is 0 Å². The van der Waals surface area contributed by atoms with Crippen molar-refractivity contribution in [1.29, 1.82) is 0 Å². The van der Waals surface area contributed by atoms with Gasteiger partial charge in [-0.25, -0.2) is 13.4 Å². The van der Waals surface area contributed by atoms with E-state index in [-0.39, 0.29) is 11.4 Å². The Hall–Kier alpha value is -2.98. The minimum Gasteiger partial charge on any atom is -0.481 e. The Morgan fingerprint density at radius 3 is 2.39 bits per heavy atom. The zero-order valence-electron chi connectivity index (χ0n) is 20.4. The van der Waals surface area contributed by atoms with Gasteiger partial charge in [-0.1, -0.05) is 60.5 Å². The van der Waals surface area contributed by atoms with Crippen molar-refractivity contribution in [3.05, 3.63) is 94.1 Å². The molecule has 4 rings (SSSR count). The van der Waals surface area contributed by atoms with E-state index >= 15 is 0 Å². The number of morpholine rings is 1. The first-order valence-electron chi connectivity index (χ1n) is 11.9. The second-order valence-electron chi connectivity index (χ2n) is 8.95. The topological polar surface area (TPSA) is 114 Å². The highest BCUT2D eigenvalue weighted by atomic mass is 35.5. The molecule has 1 fully saturated rings. The van der Waals surface area contributed by atoms with E-state index in [0.717, 1.165) is 0 Å². The number of amides is 1. The van der Waals surface area contributed by atoms with Gasteiger partial charge in [0.25, 0.3) is 5.91 Å². The summed E-state index contributed by atoms with van der Waals surface area (Å²) in [5, 5.41) is 10.3. The first kappa shape index (κ1) is 28.0. The summed E-state index contributed by atoms with van der Waals surface area (Å²) in [5.41, 5.74) is 1.27. The number of benzene rings is 2. The lowest BCUT2D eigenvalue weighted by Gasteiger charge is -2.48. The Labute approximate surface area is 231 Å². The molecule has 0 saturated carbocycles. The number of nitrogens with zero attached hydrogens (tertiary/aromatic N) is 2.